The van der Waals surface area contributed by atoms with E-state index in [-0.39, 0.29) is 21.9 Å². The van der Waals surface area contributed by atoms with Gasteiger partial charge in [-0.3, -0.25) is 4.99 Å². The molecule has 0 aliphatic carbocycles. The molecule has 1 aromatic carbocycles. The third-order valence-corrected chi connectivity index (χ3v) is 3.55. The molecule has 6 heteroatoms. The van der Waals surface area contributed by atoms with Crippen LogP contribution in [0.2, 0.25) is 0 Å². The molecule has 0 heterocycles. The lowest BCUT2D eigenvalue weighted by molar-refractivity contribution is 0.0681. The lowest BCUT2D eigenvalue weighted by Gasteiger charge is -2.06. The monoisotopic (exact) mass is 325 g/mol. The van der Waals surface area contributed by atoms with Gasteiger partial charge in [-0.25, -0.2) is 9.59 Å². The second kappa shape index (κ2) is 9.20. The summed E-state index contributed by atoms with van der Waals surface area (Å²) in [5.41, 5.74) is 0.0728. The summed E-state index contributed by atoms with van der Waals surface area (Å²) in [7, 11) is 0. The van der Waals surface area contributed by atoms with E-state index >= 15 is 0 Å². The molecule has 1 aromatic rings. The van der Waals surface area contributed by atoms with Crippen LogP contribution in [0.3, 0.4) is 0 Å². The van der Waals surface area contributed by atoms with Gasteiger partial charge < -0.3 is 10.2 Å². The Labute approximate surface area is 134 Å². The minimum atomic E-state index is -1.16. The maximum absolute atomic E-state index is 11.2. The summed E-state index contributed by atoms with van der Waals surface area (Å²) in [5.74, 6) is -2.30. The summed E-state index contributed by atoms with van der Waals surface area (Å²) in [6.45, 7) is 2.64. The molecule has 0 fully saturated rings. The largest absolute Gasteiger partial charge is 0.478 e. The second-order valence-electron chi connectivity index (χ2n) is 4.96. The maximum atomic E-state index is 11.2. The fourth-order valence-electron chi connectivity index (χ4n) is 2.01. The number of aliphatic imine (C=N–C) groups is 1. The quantitative estimate of drug-likeness (QED) is 0.530. The van der Waals surface area contributed by atoms with Gasteiger partial charge in [-0.2, -0.15) is 0 Å². The minimum absolute atomic E-state index is 0.0173. The van der Waals surface area contributed by atoms with Crippen LogP contribution in [0.1, 0.15) is 65.3 Å². The van der Waals surface area contributed by atoms with Gasteiger partial charge in [-0.15, -0.1) is 0 Å². The molecule has 120 valence electrons. The second-order valence-corrected chi connectivity index (χ2v) is 5.32. The first-order valence-electron chi connectivity index (χ1n) is 7.28. The van der Waals surface area contributed by atoms with Crippen molar-refractivity contribution in [1.82, 2.24) is 0 Å². The number of hydrogen-bond donors (Lipinski definition) is 2. The van der Waals surface area contributed by atoms with Crippen molar-refractivity contribution >= 4 is 28.7 Å². The summed E-state index contributed by atoms with van der Waals surface area (Å²) >= 11 is 6.07. The Morgan fingerprint density at radius 2 is 1.73 bits per heavy atom. The van der Waals surface area contributed by atoms with Gasteiger partial charge in [-0.1, -0.05) is 44.2 Å². The van der Waals surface area contributed by atoms with Crippen molar-refractivity contribution in [3.63, 3.8) is 0 Å². The molecular formula is C16H20ClNO4. The van der Waals surface area contributed by atoms with Crippen molar-refractivity contribution in [2.75, 3.05) is 6.54 Å². The number of benzene rings is 1. The first-order chi connectivity index (χ1) is 10.5. The fourth-order valence-corrected chi connectivity index (χ4v) is 2.25. The highest BCUT2D eigenvalue weighted by Crippen LogP contribution is 2.16. The molecule has 0 spiro atoms. The number of aromatic carboxylic acids is 2. The van der Waals surface area contributed by atoms with Crippen LogP contribution >= 0.6 is 11.6 Å². The highest BCUT2D eigenvalue weighted by molar-refractivity contribution is 6.70. The van der Waals surface area contributed by atoms with Crippen molar-refractivity contribution in [2.45, 2.75) is 39.0 Å². The molecular weight excluding hydrogens is 306 g/mol. The molecule has 0 aliphatic rings. The first kappa shape index (κ1) is 18.2. The smallest absolute Gasteiger partial charge is 0.336 e. The van der Waals surface area contributed by atoms with Crippen LogP contribution in [-0.2, 0) is 0 Å². The number of carbonyl (C=O) groups is 2. The van der Waals surface area contributed by atoms with Crippen LogP contribution in [0.5, 0.6) is 0 Å². The number of nitrogens with zero attached hydrogens (tertiary/aromatic N) is 1. The molecule has 2 N–H and O–H groups in total. The van der Waals surface area contributed by atoms with Gasteiger partial charge in [0.25, 0.3) is 0 Å². The molecule has 0 saturated heterocycles. The molecule has 0 saturated carbocycles. The Hall–Kier alpha value is -1.88. The van der Waals surface area contributed by atoms with E-state index in [0.717, 1.165) is 25.7 Å². The van der Waals surface area contributed by atoms with Crippen LogP contribution in [-0.4, -0.2) is 33.9 Å². The summed E-state index contributed by atoms with van der Waals surface area (Å²) in [5, 5.41) is 18.2. The molecule has 0 atom stereocenters. The number of carboxylic acid groups (broad SMARTS) is 2. The topological polar surface area (TPSA) is 87.0 Å². The molecule has 0 amide bonds. The zero-order valence-corrected chi connectivity index (χ0v) is 13.3. The Morgan fingerprint density at radius 3 is 2.32 bits per heavy atom. The summed E-state index contributed by atoms with van der Waals surface area (Å²) in [4.78, 5) is 26.3. The van der Waals surface area contributed by atoms with Gasteiger partial charge in [-0.05, 0) is 24.6 Å². The Balaban J connectivity index is 2.85. The van der Waals surface area contributed by atoms with Crippen LogP contribution in [0, 0.1) is 0 Å². The van der Waals surface area contributed by atoms with Crippen molar-refractivity contribution in [1.29, 1.82) is 0 Å². The third kappa shape index (κ3) is 5.48. The van der Waals surface area contributed by atoms with Crippen molar-refractivity contribution in [3.8, 4) is 0 Å². The SMILES string of the molecule is CCCCCCCN=C(Cl)c1cc(C(=O)O)ccc1C(=O)O. The zero-order chi connectivity index (χ0) is 16.5. The van der Waals surface area contributed by atoms with Gasteiger partial charge in [0.1, 0.15) is 5.17 Å². The van der Waals surface area contributed by atoms with E-state index in [2.05, 4.69) is 11.9 Å². The van der Waals surface area contributed by atoms with Crippen LogP contribution in [0.4, 0.5) is 0 Å². The average molecular weight is 326 g/mol. The van der Waals surface area contributed by atoms with Crippen molar-refractivity contribution < 1.29 is 19.8 Å². The lowest BCUT2D eigenvalue weighted by Crippen LogP contribution is -2.08. The molecule has 0 unspecified atom stereocenters. The molecule has 0 bridgehead atoms. The lowest BCUT2D eigenvalue weighted by atomic mass is 10.0. The molecule has 5 nitrogen and oxygen atoms in total. The van der Waals surface area contributed by atoms with Gasteiger partial charge in [0.2, 0.25) is 0 Å². The number of carboxylic acids is 2. The summed E-state index contributed by atoms with van der Waals surface area (Å²) < 4.78 is 0. The van der Waals surface area contributed by atoms with Crippen LogP contribution in [0.25, 0.3) is 0 Å². The van der Waals surface area contributed by atoms with E-state index in [1.165, 1.54) is 24.6 Å². The molecule has 0 radical (unpaired) electrons. The predicted molar refractivity (Wildman–Crippen MR) is 86.4 cm³/mol. The van der Waals surface area contributed by atoms with E-state index in [9.17, 15) is 9.59 Å². The highest BCUT2D eigenvalue weighted by Gasteiger charge is 2.16. The van der Waals surface area contributed by atoms with E-state index in [4.69, 9.17) is 21.8 Å². The van der Waals surface area contributed by atoms with E-state index in [0.29, 0.717) is 6.54 Å². The molecule has 1 rings (SSSR count). The number of rotatable bonds is 9. The van der Waals surface area contributed by atoms with Crippen LogP contribution in [0.15, 0.2) is 23.2 Å². The summed E-state index contributed by atoms with van der Waals surface area (Å²) in [6.07, 6.45) is 5.40. The van der Waals surface area contributed by atoms with Gasteiger partial charge in [0.15, 0.2) is 0 Å². The van der Waals surface area contributed by atoms with Crippen molar-refractivity contribution in [2.24, 2.45) is 4.99 Å². The van der Waals surface area contributed by atoms with Crippen molar-refractivity contribution in [3.05, 3.63) is 34.9 Å². The zero-order valence-electron chi connectivity index (χ0n) is 12.5. The number of halogens is 1. The van der Waals surface area contributed by atoms with E-state index < -0.39 is 11.9 Å². The maximum Gasteiger partial charge on any atom is 0.336 e. The Kier molecular flexibility index (Phi) is 7.60. The van der Waals surface area contributed by atoms with Gasteiger partial charge in [0.05, 0.1) is 11.1 Å². The Bertz CT molecular complexity index is 569. The standard InChI is InChI=1S/C16H20ClNO4/c1-2-3-4-5-6-9-18-14(17)13-10-11(15(19)20)7-8-12(13)16(21)22/h7-8,10H,2-6,9H2,1H3,(H,19,20)(H,21,22). The normalized spacial score (nSPS) is 11.5. The fraction of sp³-hybridized carbons (Fsp3) is 0.438. The summed E-state index contributed by atoms with van der Waals surface area (Å²) in [6, 6.07) is 3.72. The third-order valence-electron chi connectivity index (χ3n) is 3.23. The Morgan fingerprint density at radius 1 is 1.05 bits per heavy atom. The van der Waals surface area contributed by atoms with Gasteiger partial charge in [0, 0.05) is 12.1 Å². The molecule has 0 aromatic heterocycles. The number of hydrogen-bond acceptors (Lipinski definition) is 3. The first-order valence-corrected chi connectivity index (χ1v) is 7.66. The molecule has 22 heavy (non-hydrogen) atoms. The molecule has 0 aliphatic heterocycles. The predicted octanol–water partition coefficient (Wildman–Crippen LogP) is 4.04. The van der Waals surface area contributed by atoms with Crippen LogP contribution < -0.4 is 0 Å². The number of unbranched alkanes of at least 4 members (excludes halogenated alkanes) is 4. The van der Waals surface area contributed by atoms with E-state index in [1.54, 1.807) is 0 Å². The van der Waals surface area contributed by atoms with Gasteiger partial charge >= 0.3 is 11.9 Å². The average Bonchev–Trinajstić information content (AvgIpc) is 2.49. The highest BCUT2D eigenvalue weighted by atomic mass is 35.5. The van der Waals surface area contributed by atoms with E-state index in [1.807, 2.05) is 0 Å². The minimum Gasteiger partial charge on any atom is -0.478 e.